The second-order valence-corrected chi connectivity index (χ2v) is 9.83. The Morgan fingerprint density at radius 3 is 2.26 bits per heavy atom. The van der Waals surface area contributed by atoms with Crippen molar-refractivity contribution in [3.05, 3.63) is 36.0 Å². The first kappa shape index (κ1) is 31.1. The van der Waals surface area contributed by atoms with Crippen LogP contribution in [0.4, 0.5) is 0 Å². The third-order valence-corrected chi connectivity index (χ3v) is 7.03. The van der Waals surface area contributed by atoms with Crippen LogP contribution in [0.25, 0.3) is 10.9 Å². The highest BCUT2D eigenvalue weighted by atomic mass is 32.1. The van der Waals surface area contributed by atoms with Gasteiger partial charge in [-0.1, -0.05) is 38.5 Å². The predicted molar refractivity (Wildman–Crippen MR) is 150 cm³/mol. The van der Waals surface area contributed by atoms with Crippen LogP contribution in [0.1, 0.15) is 45.1 Å². The minimum Gasteiger partial charge on any atom is -0.480 e. The zero-order chi connectivity index (χ0) is 28.2. The number of nitrogens with one attached hydrogen (secondary N) is 4. The van der Waals surface area contributed by atoms with Crippen LogP contribution >= 0.6 is 12.6 Å². The molecule has 12 heteroatoms. The first-order chi connectivity index (χ1) is 18.1. The molecule has 0 aliphatic rings. The summed E-state index contributed by atoms with van der Waals surface area (Å²) >= 11 is 4.01. The van der Waals surface area contributed by atoms with Gasteiger partial charge >= 0.3 is 5.97 Å². The lowest BCUT2D eigenvalue weighted by atomic mass is 9.98. The molecule has 1 heterocycles. The van der Waals surface area contributed by atoms with Crippen LogP contribution in [0.15, 0.2) is 30.5 Å². The van der Waals surface area contributed by atoms with Gasteiger partial charge in [0.1, 0.15) is 18.1 Å². The van der Waals surface area contributed by atoms with Gasteiger partial charge in [0.2, 0.25) is 17.7 Å². The Kier molecular flexibility index (Phi) is 12.6. The van der Waals surface area contributed by atoms with Gasteiger partial charge in [-0.05, 0) is 43.4 Å². The normalized spacial score (nSPS) is 15.2. The van der Waals surface area contributed by atoms with Crippen molar-refractivity contribution in [3.8, 4) is 0 Å². The fourth-order valence-electron chi connectivity index (χ4n) is 4.00. The van der Waals surface area contributed by atoms with Gasteiger partial charge in [0.25, 0.3) is 0 Å². The maximum absolute atomic E-state index is 13.4. The second-order valence-electron chi connectivity index (χ2n) is 9.46. The largest absolute Gasteiger partial charge is 0.480 e. The summed E-state index contributed by atoms with van der Waals surface area (Å²) in [6, 6.07) is 3.43. The van der Waals surface area contributed by atoms with Gasteiger partial charge in [0, 0.05) is 29.3 Å². The number of benzene rings is 1. The van der Waals surface area contributed by atoms with E-state index in [4.69, 9.17) is 11.5 Å². The SMILES string of the molecule is CCC(C)C(N)C(=O)NC(CCCCN)C(=O)NC(Cc1c[nH]c2ccccc12)C(=O)NC(CS)C(=O)O. The van der Waals surface area contributed by atoms with Crippen LogP contribution in [0.2, 0.25) is 0 Å². The Morgan fingerprint density at radius 1 is 1.00 bits per heavy atom. The molecular weight excluding hydrogens is 508 g/mol. The summed E-state index contributed by atoms with van der Waals surface area (Å²) in [5.74, 6) is -3.14. The molecule has 2 rings (SSSR count). The van der Waals surface area contributed by atoms with Crippen molar-refractivity contribution in [2.75, 3.05) is 12.3 Å². The monoisotopic (exact) mass is 548 g/mol. The van der Waals surface area contributed by atoms with Crippen LogP contribution in [-0.2, 0) is 25.6 Å². The van der Waals surface area contributed by atoms with E-state index < -0.39 is 47.9 Å². The standard InChI is InChI=1S/C26H40N6O5S/c1-3-15(2)22(28)25(35)30-19(10-6-7-11-27)23(33)31-20(24(34)32-21(14-38)26(36)37)12-16-13-29-18-9-5-4-8-17(16)18/h4-5,8-9,13,15,19-22,29,38H,3,6-7,10-12,14,27-28H2,1-2H3,(H,30,35)(H,31,33)(H,32,34)(H,36,37). The Hall–Kier alpha value is -3.09. The second kappa shape index (κ2) is 15.4. The quantitative estimate of drug-likeness (QED) is 0.112. The van der Waals surface area contributed by atoms with E-state index in [1.165, 1.54) is 0 Å². The number of hydrogen-bond donors (Lipinski definition) is 8. The van der Waals surface area contributed by atoms with Crippen molar-refractivity contribution < 1.29 is 24.3 Å². The van der Waals surface area contributed by atoms with Crippen molar-refractivity contribution in [1.82, 2.24) is 20.9 Å². The van der Waals surface area contributed by atoms with Gasteiger partial charge in [0.05, 0.1) is 6.04 Å². The molecule has 0 radical (unpaired) electrons. The molecule has 0 saturated carbocycles. The smallest absolute Gasteiger partial charge is 0.327 e. The number of amides is 3. The van der Waals surface area contributed by atoms with Crippen molar-refractivity contribution in [1.29, 1.82) is 0 Å². The number of hydrogen-bond acceptors (Lipinski definition) is 7. The number of nitrogens with two attached hydrogens (primary N) is 2. The zero-order valence-electron chi connectivity index (χ0n) is 21.9. The molecule has 0 saturated heterocycles. The van der Waals surface area contributed by atoms with Crippen LogP contribution in [-0.4, -0.2) is 70.2 Å². The molecule has 38 heavy (non-hydrogen) atoms. The molecule has 2 aromatic rings. The Balaban J connectivity index is 2.29. The van der Waals surface area contributed by atoms with E-state index in [-0.39, 0.29) is 18.1 Å². The Bertz CT molecular complexity index is 1090. The topological polar surface area (TPSA) is 192 Å². The number of carbonyl (C=O) groups excluding carboxylic acids is 3. The van der Waals surface area contributed by atoms with E-state index in [9.17, 15) is 24.3 Å². The number of unbranched alkanes of at least 4 members (excludes halogenated alkanes) is 1. The molecule has 3 amide bonds. The molecule has 0 fully saturated rings. The van der Waals surface area contributed by atoms with Crippen LogP contribution in [0, 0.1) is 5.92 Å². The Morgan fingerprint density at radius 2 is 1.63 bits per heavy atom. The summed E-state index contributed by atoms with van der Waals surface area (Å²) in [5, 5.41) is 18.2. The summed E-state index contributed by atoms with van der Waals surface area (Å²) in [6.07, 6.45) is 4.07. The summed E-state index contributed by atoms with van der Waals surface area (Å²) < 4.78 is 0. The van der Waals surface area contributed by atoms with E-state index in [2.05, 4.69) is 33.6 Å². The van der Waals surface area contributed by atoms with Crippen molar-refractivity contribution in [3.63, 3.8) is 0 Å². The lowest BCUT2D eigenvalue weighted by Crippen LogP contribution is -2.58. The fourth-order valence-corrected chi connectivity index (χ4v) is 4.25. The number of carboxylic acids is 1. The van der Waals surface area contributed by atoms with Crippen molar-refractivity contribution in [2.24, 2.45) is 17.4 Å². The molecule has 5 atom stereocenters. The molecular formula is C26H40N6O5S. The fraction of sp³-hybridized carbons (Fsp3) is 0.538. The first-order valence-corrected chi connectivity index (χ1v) is 13.5. The molecule has 0 aliphatic carbocycles. The maximum Gasteiger partial charge on any atom is 0.327 e. The highest BCUT2D eigenvalue weighted by Gasteiger charge is 2.31. The average molecular weight is 549 g/mol. The summed E-state index contributed by atoms with van der Waals surface area (Å²) in [7, 11) is 0. The third kappa shape index (κ3) is 8.74. The number of thiol groups is 1. The van der Waals surface area contributed by atoms with E-state index >= 15 is 0 Å². The minimum absolute atomic E-state index is 0.0858. The number of aliphatic carboxylic acids is 1. The summed E-state index contributed by atoms with van der Waals surface area (Å²) in [6.45, 7) is 4.21. The number of rotatable bonds is 16. The van der Waals surface area contributed by atoms with Gasteiger partial charge < -0.3 is 37.5 Å². The number of fused-ring (bicyclic) bond motifs is 1. The number of H-pyrrole nitrogens is 1. The number of aromatic amines is 1. The van der Waals surface area contributed by atoms with Gasteiger partial charge in [-0.3, -0.25) is 14.4 Å². The number of carbonyl (C=O) groups is 4. The van der Waals surface area contributed by atoms with Crippen LogP contribution in [0.5, 0.6) is 0 Å². The summed E-state index contributed by atoms with van der Waals surface area (Å²) in [4.78, 5) is 54.0. The first-order valence-electron chi connectivity index (χ1n) is 12.9. The molecule has 210 valence electrons. The van der Waals surface area contributed by atoms with E-state index in [1.807, 2.05) is 38.1 Å². The molecule has 1 aromatic heterocycles. The van der Waals surface area contributed by atoms with Gasteiger partial charge in [-0.25, -0.2) is 4.79 Å². The lowest BCUT2D eigenvalue weighted by Gasteiger charge is -2.26. The molecule has 0 spiro atoms. The van der Waals surface area contributed by atoms with E-state index in [0.29, 0.717) is 32.2 Å². The van der Waals surface area contributed by atoms with Crippen molar-refractivity contribution in [2.45, 2.75) is 70.1 Å². The van der Waals surface area contributed by atoms with Crippen LogP contribution in [0.3, 0.4) is 0 Å². The number of carboxylic acid groups (broad SMARTS) is 1. The molecule has 9 N–H and O–H groups in total. The predicted octanol–water partition coefficient (Wildman–Crippen LogP) is 0.682. The molecule has 0 bridgehead atoms. The molecule has 0 aliphatic heterocycles. The van der Waals surface area contributed by atoms with E-state index in [0.717, 1.165) is 16.5 Å². The minimum atomic E-state index is -1.24. The highest BCUT2D eigenvalue weighted by molar-refractivity contribution is 7.80. The van der Waals surface area contributed by atoms with Gasteiger partial charge in [0.15, 0.2) is 0 Å². The molecule has 11 nitrogen and oxygen atoms in total. The highest BCUT2D eigenvalue weighted by Crippen LogP contribution is 2.19. The van der Waals surface area contributed by atoms with Crippen molar-refractivity contribution >= 4 is 47.2 Å². The number of para-hydroxylation sites is 1. The van der Waals surface area contributed by atoms with Gasteiger partial charge in [-0.15, -0.1) is 0 Å². The molecule has 1 aromatic carbocycles. The number of aromatic nitrogens is 1. The maximum atomic E-state index is 13.4. The third-order valence-electron chi connectivity index (χ3n) is 6.67. The summed E-state index contributed by atoms with van der Waals surface area (Å²) in [5.41, 5.74) is 13.3. The van der Waals surface area contributed by atoms with Gasteiger partial charge in [-0.2, -0.15) is 12.6 Å². The zero-order valence-corrected chi connectivity index (χ0v) is 22.8. The Labute approximate surface area is 228 Å². The average Bonchev–Trinajstić information content (AvgIpc) is 3.32. The van der Waals surface area contributed by atoms with E-state index in [1.54, 1.807) is 6.20 Å². The van der Waals surface area contributed by atoms with Crippen LogP contribution < -0.4 is 27.4 Å². The lowest BCUT2D eigenvalue weighted by molar-refractivity contribution is -0.141. The molecule has 5 unspecified atom stereocenters.